The van der Waals surface area contributed by atoms with Gasteiger partial charge in [-0.15, -0.1) is 0 Å². The van der Waals surface area contributed by atoms with Crippen LogP contribution in [0, 0.1) is 17.7 Å². The maximum absolute atomic E-state index is 13.1. The average molecular weight is 395 g/mol. The van der Waals surface area contributed by atoms with Gasteiger partial charge in [0, 0.05) is 5.69 Å². The molecule has 142 valence electrons. The van der Waals surface area contributed by atoms with E-state index >= 15 is 0 Å². The molecule has 1 aromatic carbocycles. The predicted octanol–water partition coefficient (Wildman–Crippen LogP) is 1.91. The summed E-state index contributed by atoms with van der Waals surface area (Å²) in [4.78, 5) is 49.1. The van der Waals surface area contributed by atoms with Crippen LogP contribution in [-0.2, 0) is 23.9 Å². The van der Waals surface area contributed by atoms with Crippen LogP contribution in [0.5, 0.6) is 0 Å². The molecule has 0 unspecified atom stereocenters. The summed E-state index contributed by atoms with van der Waals surface area (Å²) in [5, 5.41) is 2.23. The van der Waals surface area contributed by atoms with Crippen LogP contribution in [0.3, 0.4) is 0 Å². The number of halogens is 2. The Kier molecular flexibility index (Phi) is 5.55. The number of likely N-dealkylation sites (tertiary alicyclic amines) is 1. The Balaban J connectivity index is 1.49. The van der Waals surface area contributed by atoms with Crippen LogP contribution in [0.2, 0.25) is 5.02 Å². The molecule has 2 atom stereocenters. The standard InChI is InChI=1S/C18H16ClFN2O5/c19-13-7-10(5-6-14(13)20)21-15(23)9-27-16(24)8-22-17(25)11-3-1-2-4-12(11)18(22)26/h1-2,5-7,11-12H,3-4,8-9H2,(H,21,23)/t11-,12-/m0/s1. The molecule has 1 heterocycles. The van der Waals surface area contributed by atoms with Crippen molar-refractivity contribution in [2.24, 2.45) is 11.8 Å². The fourth-order valence-electron chi connectivity index (χ4n) is 3.12. The summed E-state index contributed by atoms with van der Waals surface area (Å²) in [7, 11) is 0. The number of benzene rings is 1. The number of imide groups is 1. The number of esters is 1. The molecule has 3 amide bonds. The minimum Gasteiger partial charge on any atom is -0.454 e. The first kappa shape index (κ1) is 19.0. The second kappa shape index (κ2) is 7.87. The van der Waals surface area contributed by atoms with Crippen LogP contribution < -0.4 is 5.32 Å². The minimum atomic E-state index is -0.865. The monoisotopic (exact) mass is 394 g/mol. The lowest BCUT2D eigenvalue weighted by molar-refractivity contribution is -0.154. The Morgan fingerprint density at radius 1 is 1.19 bits per heavy atom. The number of hydrogen-bond acceptors (Lipinski definition) is 5. The van der Waals surface area contributed by atoms with Crippen LogP contribution in [0.1, 0.15) is 12.8 Å². The van der Waals surface area contributed by atoms with Gasteiger partial charge in [0.05, 0.1) is 16.9 Å². The number of rotatable bonds is 5. The van der Waals surface area contributed by atoms with Gasteiger partial charge in [0.2, 0.25) is 11.8 Å². The van der Waals surface area contributed by atoms with Crippen molar-refractivity contribution >= 4 is 41.0 Å². The van der Waals surface area contributed by atoms with E-state index in [9.17, 15) is 23.6 Å². The number of fused-ring (bicyclic) bond motifs is 1. The van der Waals surface area contributed by atoms with Crippen molar-refractivity contribution in [3.8, 4) is 0 Å². The summed E-state index contributed by atoms with van der Waals surface area (Å²) in [5.41, 5.74) is 0.240. The quantitative estimate of drug-likeness (QED) is 0.468. The molecule has 27 heavy (non-hydrogen) atoms. The highest BCUT2D eigenvalue weighted by atomic mass is 35.5. The molecule has 0 bridgehead atoms. The lowest BCUT2D eigenvalue weighted by Gasteiger charge is -2.14. The zero-order valence-corrected chi connectivity index (χ0v) is 14.9. The SMILES string of the molecule is O=C(COC(=O)CN1C(=O)[C@H]2CC=CC[C@@H]2C1=O)Nc1ccc(F)c(Cl)c1. The fraction of sp³-hybridized carbons (Fsp3) is 0.333. The van der Waals surface area contributed by atoms with E-state index in [0.717, 1.165) is 11.0 Å². The first-order valence-electron chi connectivity index (χ1n) is 8.27. The summed E-state index contributed by atoms with van der Waals surface area (Å²) in [5.74, 6) is -3.80. The van der Waals surface area contributed by atoms with Gasteiger partial charge in [0.1, 0.15) is 12.4 Å². The molecule has 1 aliphatic carbocycles. The number of anilines is 1. The van der Waals surface area contributed by atoms with Gasteiger partial charge >= 0.3 is 5.97 Å². The highest BCUT2D eigenvalue weighted by Crippen LogP contribution is 2.34. The van der Waals surface area contributed by atoms with Crippen molar-refractivity contribution in [1.82, 2.24) is 4.90 Å². The van der Waals surface area contributed by atoms with E-state index in [2.05, 4.69) is 5.32 Å². The summed E-state index contributed by atoms with van der Waals surface area (Å²) in [6, 6.07) is 3.61. The van der Waals surface area contributed by atoms with E-state index in [4.69, 9.17) is 16.3 Å². The molecule has 0 spiro atoms. The molecule has 9 heteroatoms. The zero-order chi connectivity index (χ0) is 19.6. The van der Waals surface area contributed by atoms with Gasteiger partial charge in [-0.05, 0) is 31.0 Å². The number of carbonyl (C=O) groups is 4. The Morgan fingerprint density at radius 2 is 1.81 bits per heavy atom. The van der Waals surface area contributed by atoms with E-state index in [1.54, 1.807) is 0 Å². The molecule has 3 rings (SSSR count). The molecule has 1 aromatic rings. The van der Waals surface area contributed by atoms with Crippen LogP contribution in [0.15, 0.2) is 30.4 Å². The van der Waals surface area contributed by atoms with E-state index in [-0.39, 0.29) is 10.7 Å². The van der Waals surface area contributed by atoms with Crippen molar-refractivity contribution < 1.29 is 28.3 Å². The third kappa shape index (κ3) is 4.16. The van der Waals surface area contributed by atoms with Crippen molar-refractivity contribution in [1.29, 1.82) is 0 Å². The fourth-order valence-corrected chi connectivity index (χ4v) is 3.30. The van der Waals surface area contributed by atoms with Gasteiger partial charge in [0.15, 0.2) is 6.61 Å². The highest BCUT2D eigenvalue weighted by Gasteiger charge is 2.47. The van der Waals surface area contributed by atoms with Gasteiger partial charge in [-0.3, -0.25) is 24.1 Å². The number of nitrogens with zero attached hydrogens (tertiary/aromatic N) is 1. The topological polar surface area (TPSA) is 92.8 Å². The average Bonchev–Trinajstić information content (AvgIpc) is 2.88. The number of nitrogens with one attached hydrogen (secondary N) is 1. The molecular formula is C18H16ClFN2O5. The zero-order valence-electron chi connectivity index (χ0n) is 14.1. The Bertz CT molecular complexity index is 815. The highest BCUT2D eigenvalue weighted by molar-refractivity contribution is 6.31. The van der Waals surface area contributed by atoms with E-state index in [1.165, 1.54) is 12.1 Å². The van der Waals surface area contributed by atoms with E-state index in [1.807, 2.05) is 12.2 Å². The van der Waals surface area contributed by atoms with Gasteiger partial charge in [-0.1, -0.05) is 23.8 Å². The van der Waals surface area contributed by atoms with Crippen molar-refractivity contribution in [2.45, 2.75) is 12.8 Å². The molecule has 0 aromatic heterocycles. The number of ether oxygens (including phenoxy) is 1. The molecular weight excluding hydrogens is 379 g/mol. The predicted molar refractivity (Wildman–Crippen MR) is 93.1 cm³/mol. The molecule has 1 N–H and O–H groups in total. The molecule has 1 aliphatic heterocycles. The second-order valence-electron chi connectivity index (χ2n) is 6.26. The van der Waals surface area contributed by atoms with Crippen LogP contribution in [0.25, 0.3) is 0 Å². The van der Waals surface area contributed by atoms with E-state index < -0.39 is 54.5 Å². The Morgan fingerprint density at radius 3 is 2.41 bits per heavy atom. The molecule has 2 aliphatic rings. The lowest BCUT2D eigenvalue weighted by atomic mass is 9.85. The third-order valence-electron chi connectivity index (χ3n) is 4.45. The van der Waals surface area contributed by atoms with E-state index in [0.29, 0.717) is 12.8 Å². The first-order valence-corrected chi connectivity index (χ1v) is 8.65. The van der Waals surface area contributed by atoms with Crippen LogP contribution >= 0.6 is 11.6 Å². The minimum absolute atomic E-state index is 0.160. The van der Waals surface area contributed by atoms with Gasteiger partial charge in [0.25, 0.3) is 5.91 Å². The number of carbonyl (C=O) groups excluding carboxylic acids is 4. The summed E-state index contributed by atoms with van der Waals surface area (Å²) in [6.45, 7) is -1.14. The van der Waals surface area contributed by atoms with Crippen LogP contribution in [0.4, 0.5) is 10.1 Å². The largest absolute Gasteiger partial charge is 0.454 e. The number of allylic oxidation sites excluding steroid dienone is 2. The van der Waals surface area contributed by atoms with Crippen molar-refractivity contribution in [3.63, 3.8) is 0 Å². The van der Waals surface area contributed by atoms with Gasteiger partial charge in [-0.2, -0.15) is 0 Å². The second-order valence-corrected chi connectivity index (χ2v) is 6.66. The summed E-state index contributed by atoms with van der Waals surface area (Å²) >= 11 is 5.61. The molecule has 1 saturated heterocycles. The maximum Gasteiger partial charge on any atom is 0.326 e. The summed E-state index contributed by atoms with van der Waals surface area (Å²) < 4.78 is 17.9. The Hall–Kier alpha value is -2.74. The van der Waals surface area contributed by atoms with Gasteiger partial charge in [-0.25, -0.2) is 4.39 Å². The van der Waals surface area contributed by atoms with Crippen molar-refractivity contribution in [3.05, 3.63) is 41.2 Å². The maximum atomic E-state index is 13.1. The van der Waals surface area contributed by atoms with Crippen LogP contribution in [-0.4, -0.2) is 41.7 Å². The number of hydrogen-bond donors (Lipinski definition) is 1. The molecule has 1 fully saturated rings. The lowest BCUT2D eigenvalue weighted by Crippen LogP contribution is -2.37. The van der Waals surface area contributed by atoms with Gasteiger partial charge < -0.3 is 10.1 Å². The Labute approximate surface area is 159 Å². The normalized spacial score (nSPS) is 21.2. The molecule has 7 nitrogen and oxygen atoms in total. The summed E-state index contributed by atoms with van der Waals surface area (Å²) in [6.07, 6.45) is 4.65. The number of amides is 3. The smallest absolute Gasteiger partial charge is 0.326 e. The third-order valence-corrected chi connectivity index (χ3v) is 4.74. The van der Waals surface area contributed by atoms with Crippen molar-refractivity contribution in [2.75, 3.05) is 18.5 Å². The first-order chi connectivity index (χ1) is 12.9. The molecule has 0 radical (unpaired) electrons. The molecule has 0 saturated carbocycles.